The molecule has 4 fully saturated rings. The lowest BCUT2D eigenvalue weighted by Crippen LogP contribution is -2.55. The van der Waals surface area contributed by atoms with Gasteiger partial charge in [-0.15, -0.1) is 0 Å². The third kappa shape index (κ3) is 4.64. The molecule has 3 saturated heterocycles. The zero-order chi connectivity index (χ0) is 30.9. The van der Waals surface area contributed by atoms with Crippen molar-refractivity contribution in [3.8, 4) is 23.3 Å². The van der Waals surface area contributed by atoms with Gasteiger partial charge in [0.25, 0.3) is 5.91 Å². The zero-order valence-electron chi connectivity index (χ0n) is 25.1. The molecular weight excluding hydrogens is 576 g/mol. The summed E-state index contributed by atoms with van der Waals surface area (Å²) in [4.78, 5) is 32.4. The van der Waals surface area contributed by atoms with Gasteiger partial charge in [0.2, 0.25) is 0 Å². The van der Waals surface area contributed by atoms with Crippen molar-refractivity contribution < 1.29 is 18.3 Å². The Kier molecular flexibility index (Phi) is 6.75. The Bertz CT molecular complexity index is 1760. The summed E-state index contributed by atoms with van der Waals surface area (Å²) in [6.45, 7) is 6.33. The average Bonchev–Trinajstić information content (AvgIpc) is 3.32. The van der Waals surface area contributed by atoms with E-state index in [0.717, 1.165) is 57.2 Å². The highest BCUT2D eigenvalue weighted by Gasteiger charge is 2.47. The minimum absolute atomic E-state index is 0.00170. The van der Waals surface area contributed by atoms with Crippen molar-refractivity contribution in [2.24, 2.45) is 5.92 Å². The number of piperazine rings is 1. The number of nitrogens with zero attached hydrogens (tertiary/aromatic N) is 7. The highest BCUT2D eigenvalue weighted by atomic mass is 19.1. The van der Waals surface area contributed by atoms with Crippen LogP contribution in [0.1, 0.15) is 55.6 Å². The van der Waals surface area contributed by atoms with Crippen LogP contribution in [0.25, 0.3) is 22.2 Å². The monoisotopic (exact) mass is 611 g/mol. The van der Waals surface area contributed by atoms with Crippen LogP contribution in [-0.2, 0) is 11.2 Å². The van der Waals surface area contributed by atoms with E-state index in [1.54, 1.807) is 6.20 Å². The van der Waals surface area contributed by atoms with E-state index in [9.17, 15) is 14.4 Å². The molecule has 9 nitrogen and oxygen atoms in total. The maximum atomic E-state index is 16.7. The van der Waals surface area contributed by atoms with Crippen LogP contribution in [0.4, 0.5) is 14.6 Å². The summed E-state index contributed by atoms with van der Waals surface area (Å²) in [5.41, 5.74) is 3.64. The van der Waals surface area contributed by atoms with Gasteiger partial charge in [0.15, 0.2) is 11.6 Å². The second kappa shape index (κ2) is 10.7. The Morgan fingerprint density at radius 1 is 1.18 bits per heavy atom. The second-order valence-electron chi connectivity index (χ2n) is 13.3. The number of hydrogen-bond acceptors (Lipinski definition) is 8. The van der Waals surface area contributed by atoms with Gasteiger partial charge in [-0.05, 0) is 74.6 Å². The van der Waals surface area contributed by atoms with Crippen LogP contribution in [-0.4, -0.2) is 81.6 Å². The third-order valence-corrected chi connectivity index (χ3v) is 10.8. The summed E-state index contributed by atoms with van der Waals surface area (Å²) in [6, 6.07) is 7.66. The highest BCUT2D eigenvalue weighted by molar-refractivity contribution is 5.93. The van der Waals surface area contributed by atoms with Gasteiger partial charge in [-0.25, -0.2) is 8.78 Å². The van der Waals surface area contributed by atoms with Crippen molar-refractivity contribution in [1.29, 1.82) is 5.26 Å². The normalized spacial score (nSPS) is 24.7. The van der Waals surface area contributed by atoms with Gasteiger partial charge in [0, 0.05) is 31.4 Å². The molecule has 11 heteroatoms. The first-order chi connectivity index (χ1) is 21.9. The van der Waals surface area contributed by atoms with Gasteiger partial charge >= 0.3 is 6.01 Å². The molecule has 3 aliphatic heterocycles. The number of rotatable bonds is 7. The van der Waals surface area contributed by atoms with E-state index in [0.29, 0.717) is 36.2 Å². The maximum absolute atomic E-state index is 16.7. The molecule has 1 aromatic carbocycles. The molecule has 0 bridgehead atoms. The minimum atomic E-state index is -1.06. The maximum Gasteiger partial charge on any atom is 0.319 e. The van der Waals surface area contributed by atoms with Crippen LogP contribution in [0, 0.1) is 23.1 Å². The first kappa shape index (κ1) is 28.3. The van der Waals surface area contributed by atoms with Crippen LogP contribution < -0.4 is 9.64 Å². The number of carbonyl (C=O) groups excluding carboxylic acids is 1. The van der Waals surface area contributed by atoms with Crippen LogP contribution in [0.2, 0.25) is 0 Å². The summed E-state index contributed by atoms with van der Waals surface area (Å²) in [6.07, 6.45) is 8.12. The molecule has 5 aliphatic rings. The van der Waals surface area contributed by atoms with E-state index in [-0.39, 0.29) is 42.3 Å². The van der Waals surface area contributed by atoms with Gasteiger partial charge in [0.05, 0.1) is 29.5 Å². The Hall–Kier alpha value is -4.17. The summed E-state index contributed by atoms with van der Waals surface area (Å²) in [5.74, 6) is -0.875. The number of pyridine rings is 1. The lowest BCUT2D eigenvalue weighted by Gasteiger charge is -2.41. The van der Waals surface area contributed by atoms with Crippen molar-refractivity contribution in [3.05, 3.63) is 53.7 Å². The number of fused-ring (bicyclic) bond motifs is 5. The summed E-state index contributed by atoms with van der Waals surface area (Å²) < 4.78 is 36.9. The summed E-state index contributed by atoms with van der Waals surface area (Å²) in [7, 11) is 0. The number of nitriles is 1. The highest BCUT2D eigenvalue weighted by Crippen LogP contribution is 2.58. The molecule has 45 heavy (non-hydrogen) atoms. The van der Waals surface area contributed by atoms with Crippen molar-refractivity contribution in [1.82, 2.24) is 24.8 Å². The quantitative estimate of drug-likeness (QED) is 0.348. The predicted octanol–water partition coefficient (Wildman–Crippen LogP) is 4.91. The minimum Gasteiger partial charge on any atom is -0.461 e. The van der Waals surface area contributed by atoms with Crippen molar-refractivity contribution in [2.75, 3.05) is 44.2 Å². The van der Waals surface area contributed by atoms with Gasteiger partial charge in [-0.2, -0.15) is 15.2 Å². The Morgan fingerprint density at radius 2 is 2.00 bits per heavy atom. The fourth-order valence-corrected chi connectivity index (χ4v) is 8.47. The van der Waals surface area contributed by atoms with Gasteiger partial charge in [-0.1, -0.05) is 24.8 Å². The fourth-order valence-electron chi connectivity index (χ4n) is 8.47. The molecule has 232 valence electrons. The number of aromatic nitrogens is 3. The first-order valence-corrected chi connectivity index (χ1v) is 16.0. The number of carbonyl (C=O) groups is 1. The summed E-state index contributed by atoms with van der Waals surface area (Å²) in [5, 5.41) is 9.93. The number of benzene rings is 1. The molecule has 8 rings (SSSR count). The summed E-state index contributed by atoms with van der Waals surface area (Å²) >= 11 is 0. The number of anilines is 1. The van der Waals surface area contributed by atoms with Crippen LogP contribution in [0.5, 0.6) is 6.01 Å². The molecule has 2 aliphatic carbocycles. The van der Waals surface area contributed by atoms with E-state index in [4.69, 9.17) is 9.72 Å². The number of hydrogen-bond donors (Lipinski definition) is 0. The van der Waals surface area contributed by atoms with E-state index in [2.05, 4.69) is 33.6 Å². The Morgan fingerprint density at radius 3 is 2.78 bits per heavy atom. The van der Waals surface area contributed by atoms with E-state index >= 15 is 4.39 Å². The fraction of sp³-hybridized carbons (Fsp3) is 0.500. The van der Waals surface area contributed by atoms with Crippen molar-refractivity contribution in [3.63, 3.8) is 0 Å². The van der Waals surface area contributed by atoms with Crippen LogP contribution >= 0.6 is 0 Å². The average molecular weight is 612 g/mol. The van der Waals surface area contributed by atoms with Crippen LogP contribution in [0.15, 0.2) is 36.8 Å². The molecule has 2 aromatic heterocycles. The molecule has 5 heterocycles. The van der Waals surface area contributed by atoms with E-state index in [1.807, 2.05) is 17.0 Å². The number of halogens is 2. The lowest BCUT2D eigenvalue weighted by atomic mass is 9.95. The number of ether oxygens (including phenoxy) is 1. The molecule has 3 atom stereocenters. The molecule has 3 aromatic rings. The largest absolute Gasteiger partial charge is 0.461 e. The van der Waals surface area contributed by atoms with E-state index in [1.165, 1.54) is 16.0 Å². The van der Waals surface area contributed by atoms with Gasteiger partial charge in [0.1, 0.15) is 23.6 Å². The molecule has 0 radical (unpaired) electrons. The zero-order valence-corrected chi connectivity index (χ0v) is 25.1. The third-order valence-electron chi connectivity index (χ3n) is 10.8. The van der Waals surface area contributed by atoms with Crippen molar-refractivity contribution >= 4 is 22.6 Å². The molecule has 1 amide bonds. The lowest BCUT2D eigenvalue weighted by molar-refractivity contribution is -0.131. The first-order valence-electron chi connectivity index (χ1n) is 16.0. The molecule has 2 unspecified atom stereocenters. The smallest absolute Gasteiger partial charge is 0.319 e. The molecule has 0 N–H and O–H groups in total. The standard InChI is InChI=1S/C34H35F2N7O2/c1-20(35)32(44)43-14-13-41(18-23(43)7-10-37)31-26-17-38-29(24-6-2-5-21-15-22-16-25(22)27(21)24)28(36)30(26)39-33(40-31)45-19-34-8-3-11-42(34)12-4-9-34/h2,5-6,17,22-23,25H,1,3-4,7-9,11-16,18-19H2/t22?,23-,25?/m0/s1. The molecular formula is C34H35F2N7O2. The van der Waals surface area contributed by atoms with Crippen LogP contribution in [0.3, 0.4) is 0 Å². The SMILES string of the molecule is C=C(F)C(=O)N1CCN(c2nc(OCC34CCCN3CCC4)nc3c(F)c(-c4cccc5c4C4CC4C5)ncc23)C[C@@H]1CC#N. The molecule has 0 spiro atoms. The van der Waals surface area contributed by atoms with Gasteiger partial charge in [-0.3, -0.25) is 14.7 Å². The second-order valence-corrected chi connectivity index (χ2v) is 13.3. The predicted molar refractivity (Wildman–Crippen MR) is 164 cm³/mol. The topological polar surface area (TPSA) is 98.5 Å². The number of amides is 1. The molecule has 1 saturated carbocycles. The Labute approximate surface area is 260 Å². The van der Waals surface area contributed by atoms with Crippen molar-refractivity contribution in [2.45, 2.75) is 62.4 Å². The van der Waals surface area contributed by atoms with Gasteiger partial charge < -0.3 is 14.5 Å². The van der Waals surface area contributed by atoms with E-state index < -0.39 is 23.6 Å². The Balaban J connectivity index is 1.20.